The van der Waals surface area contributed by atoms with Crippen molar-refractivity contribution in [1.29, 1.82) is 0 Å². The largest absolute Gasteiger partial charge is 0.482 e. The summed E-state index contributed by atoms with van der Waals surface area (Å²) in [6.07, 6.45) is 0.432. The highest BCUT2D eigenvalue weighted by Crippen LogP contribution is 2.23. The molecule has 132 valence electrons. The van der Waals surface area contributed by atoms with Gasteiger partial charge in [-0.05, 0) is 23.6 Å². The minimum Gasteiger partial charge on any atom is -0.482 e. The Morgan fingerprint density at radius 3 is 2.32 bits per heavy atom. The Kier molecular flexibility index (Phi) is 5.94. The van der Waals surface area contributed by atoms with Crippen LogP contribution in [0.4, 0.5) is 0 Å². The van der Waals surface area contributed by atoms with E-state index in [0.717, 1.165) is 4.88 Å². The van der Waals surface area contributed by atoms with Gasteiger partial charge in [-0.15, -0.1) is 11.3 Å². The van der Waals surface area contributed by atoms with E-state index >= 15 is 0 Å². The van der Waals surface area contributed by atoms with E-state index in [4.69, 9.17) is 16.3 Å². The Bertz CT molecular complexity index is 728. The van der Waals surface area contributed by atoms with Crippen molar-refractivity contribution < 1.29 is 14.3 Å². The molecule has 0 aliphatic carbocycles. The lowest BCUT2D eigenvalue weighted by molar-refractivity contribution is -0.140. The maximum Gasteiger partial charge on any atom is 0.260 e. The van der Waals surface area contributed by atoms with E-state index in [1.165, 1.54) is 0 Å². The molecular weight excluding hydrogens is 360 g/mol. The maximum atomic E-state index is 12.3. The van der Waals surface area contributed by atoms with Gasteiger partial charge in [-0.1, -0.05) is 29.8 Å². The molecule has 0 spiro atoms. The molecule has 0 atom stereocenters. The van der Waals surface area contributed by atoms with Gasteiger partial charge in [-0.25, -0.2) is 0 Å². The van der Waals surface area contributed by atoms with Gasteiger partial charge in [0.05, 0.1) is 11.4 Å². The summed E-state index contributed by atoms with van der Waals surface area (Å²) in [5, 5.41) is 2.46. The van der Waals surface area contributed by atoms with Crippen molar-refractivity contribution in [2.45, 2.75) is 6.42 Å². The van der Waals surface area contributed by atoms with Gasteiger partial charge in [0, 0.05) is 31.1 Å². The van der Waals surface area contributed by atoms with Gasteiger partial charge in [-0.3, -0.25) is 9.59 Å². The Balaban J connectivity index is 1.44. The van der Waals surface area contributed by atoms with Crippen LogP contribution >= 0.6 is 22.9 Å². The van der Waals surface area contributed by atoms with Crippen LogP contribution in [0.3, 0.4) is 0 Å². The zero-order valence-electron chi connectivity index (χ0n) is 13.7. The lowest BCUT2D eigenvalue weighted by atomic mass is 10.2. The van der Waals surface area contributed by atoms with Crippen LogP contribution in [-0.4, -0.2) is 54.4 Å². The number of hydrogen-bond donors (Lipinski definition) is 0. The number of carbonyl (C=O) groups excluding carboxylic acids is 2. The Hall–Kier alpha value is -2.05. The molecule has 0 unspecified atom stereocenters. The minimum absolute atomic E-state index is 0.0487. The van der Waals surface area contributed by atoms with Crippen molar-refractivity contribution in [3.05, 3.63) is 51.7 Å². The molecule has 5 nitrogen and oxygen atoms in total. The van der Waals surface area contributed by atoms with Crippen molar-refractivity contribution in [2.24, 2.45) is 0 Å². The summed E-state index contributed by atoms with van der Waals surface area (Å²) < 4.78 is 5.49. The number of halogens is 1. The number of amides is 2. The minimum atomic E-state index is -0.0923. The van der Waals surface area contributed by atoms with Gasteiger partial charge in [0.2, 0.25) is 5.91 Å². The fraction of sp³-hybridized carbons (Fsp3) is 0.333. The molecule has 0 N–H and O–H groups in total. The average Bonchev–Trinajstić information content (AvgIpc) is 3.14. The predicted molar refractivity (Wildman–Crippen MR) is 98.1 cm³/mol. The third-order valence-corrected chi connectivity index (χ3v) is 5.27. The van der Waals surface area contributed by atoms with Crippen molar-refractivity contribution in [3.63, 3.8) is 0 Å². The third kappa shape index (κ3) is 4.74. The quantitative estimate of drug-likeness (QED) is 0.803. The van der Waals surface area contributed by atoms with Crippen molar-refractivity contribution in [1.82, 2.24) is 9.80 Å². The number of thiophene rings is 1. The molecule has 1 aromatic carbocycles. The van der Waals surface area contributed by atoms with Crippen LogP contribution in [0.1, 0.15) is 4.88 Å². The molecule has 3 rings (SSSR count). The SMILES string of the molecule is O=C(COc1ccccc1Cl)N1CCN(C(=O)Cc2cccs2)CC1. The number of carbonyl (C=O) groups is 2. The first-order valence-electron chi connectivity index (χ1n) is 8.09. The van der Waals surface area contributed by atoms with Crippen LogP contribution < -0.4 is 4.74 Å². The van der Waals surface area contributed by atoms with Crippen LogP contribution in [-0.2, 0) is 16.0 Å². The van der Waals surface area contributed by atoms with E-state index in [2.05, 4.69) is 0 Å². The summed E-state index contributed by atoms with van der Waals surface area (Å²) in [6, 6.07) is 11.0. The van der Waals surface area contributed by atoms with E-state index in [0.29, 0.717) is 43.4 Å². The van der Waals surface area contributed by atoms with Crippen LogP contribution in [0.2, 0.25) is 5.02 Å². The second-order valence-electron chi connectivity index (χ2n) is 5.74. The maximum absolute atomic E-state index is 12.3. The smallest absolute Gasteiger partial charge is 0.260 e. The normalized spacial score (nSPS) is 14.4. The van der Waals surface area contributed by atoms with Crippen molar-refractivity contribution in [3.8, 4) is 5.75 Å². The highest BCUT2D eigenvalue weighted by atomic mass is 35.5. The second kappa shape index (κ2) is 8.36. The van der Waals surface area contributed by atoms with E-state index < -0.39 is 0 Å². The molecule has 2 heterocycles. The second-order valence-corrected chi connectivity index (χ2v) is 7.18. The number of nitrogens with zero attached hydrogens (tertiary/aromatic N) is 2. The van der Waals surface area contributed by atoms with E-state index in [-0.39, 0.29) is 18.4 Å². The van der Waals surface area contributed by atoms with Crippen LogP contribution in [0.25, 0.3) is 0 Å². The van der Waals surface area contributed by atoms with Gasteiger partial charge in [0.1, 0.15) is 5.75 Å². The predicted octanol–water partition coefficient (Wildman–Crippen LogP) is 2.69. The lowest BCUT2D eigenvalue weighted by Gasteiger charge is -2.34. The Morgan fingerprint density at radius 1 is 1.00 bits per heavy atom. The molecule has 1 aliphatic heterocycles. The Morgan fingerprint density at radius 2 is 1.68 bits per heavy atom. The molecule has 1 fully saturated rings. The summed E-state index contributed by atoms with van der Waals surface area (Å²) in [6.45, 7) is 2.12. The summed E-state index contributed by atoms with van der Waals surface area (Å²) >= 11 is 7.60. The Labute approximate surface area is 155 Å². The molecule has 25 heavy (non-hydrogen) atoms. The van der Waals surface area contributed by atoms with Crippen LogP contribution in [0.15, 0.2) is 41.8 Å². The molecule has 1 saturated heterocycles. The first-order chi connectivity index (χ1) is 12.1. The van der Waals surface area contributed by atoms with Gasteiger partial charge in [-0.2, -0.15) is 0 Å². The molecule has 2 amide bonds. The number of benzene rings is 1. The summed E-state index contributed by atoms with van der Waals surface area (Å²) in [5.74, 6) is 0.523. The van der Waals surface area contributed by atoms with Crippen molar-refractivity contribution >= 4 is 34.8 Å². The monoisotopic (exact) mass is 378 g/mol. The van der Waals surface area contributed by atoms with E-state index in [1.54, 1.807) is 28.4 Å². The summed E-state index contributed by atoms with van der Waals surface area (Å²) in [5.41, 5.74) is 0. The molecule has 0 saturated carbocycles. The van der Waals surface area contributed by atoms with Gasteiger partial charge < -0.3 is 14.5 Å². The molecule has 0 radical (unpaired) electrons. The van der Waals surface area contributed by atoms with Crippen molar-refractivity contribution in [2.75, 3.05) is 32.8 Å². The number of ether oxygens (including phenoxy) is 1. The molecular formula is C18H19ClN2O3S. The number of piperazine rings is 1. The number of para-hydroxylation sites is 1. The van der Waals surface area contributed by atoms with Gasteiger partial charge in [0.15, 0.2) is 6.61 Å². The summed E-state index contributed by atoms with van der Waals surface area (Å²) in [7, 11) is 0. The van der Waals surface area contributed by atoms with E-state index in [9.17, 15) is 9.59 Å². The highest BCUT2D eigenvalue weighted by Gasteiger charge is 2.24. The molecule has 2 aromatic rings. The first-order valence-corrected chi connectivity index (χ1v) is 9.34. The molecule has 1 aliphatic rings. The van der Waals surface area contributed by atoms with Crippen LogP contribution in [0.5, 0.6) is 5.75 Å². The highest BCUT2D eigenvalue weighted by molar-refractivity contribution is 7.10. The molecule has 7 heteroatoms. The topological polar surface area (TPSA) is 49.9 Å². The summed E-state index contributed by atoms with van der Waals surface area (Å²) in [4.78, 5) is 29.2. The zero-order chi connectivity index (χ0) is 17.6. The fourth-order valence-electron chi connectivity index (χ4n) is 2.67. The third-order valence-electron chi connectivity index (χ3n) is 4.08. The molecule has 1 aromatic heterocycles. The average molecular weight is 379 g/mol. The number of rotatable bonds is 5. The van der Waals surface area contributed by atoms with Gasteiger partial charge >= 0.3 is 0 Å². The van der Waals surface area contributed by atoms with Crippen LogP contribution in [0, 0.1) is 0 Å². The first kappa shape index (κ1) is 17.8. The molecule has 0 bridgehead atoms. The number of hydrogen-bond acceptors (Lipinski definition) is 4. The standard InChI is InChI=1S/C18H19ClN2O3S/c19-15-5-1-2-6-16(15)24-13-18(23)21-9-7-20(8-10-21)17(22)12-14-4-3-11-25-14/h1-6,11H,7-10,12-13H2. The zero-order valence-corrected chi connectivity index (χ0v) is 15.3. The van der Waals surface area contributed by atoms with E-state index in [1.807, 2.05) is 34.5 Å². The lowest BCUT2D eigenvalue weighted by Crippen LogP contribution is -2.51. The fourth-order valence-corrected chi connectivity index (χ4v) is 3.56. The van der Waals surface area contributed by atoms with Gasteiger partial charge in [0.25, 0.3) is 5.91 Å².